The highest BCUT2D eigenvalue weighted by Crippen LogP contribution is 2.32. The Kier molecular flexibility index (Phi) is 6.90. The Labute approximate surface area is 174 Å². The van der Waals surface area contributed by atoms with E-state index < -0.39 is 6.10 Å². The van der Waals surface area contributed by atoms with E-state index >= 15 is 0 Å². The Morgan fingerprint density at radius 3 is 2.80 bits per heavy atom. The first-order chi connectivity index (χ1) is 14.5. The van der Waals surface area contributed by atoms with Crippen molar-refractivity contribution in [2.45, 2.75) is 32.8 Å². The summed E-state index contributed by atoms with van der Waals surface area (Å²) < 4.78 is 11.0. The normalized spacial score (nSPS) is 14.7. The third-order valence-corrected chi connectivity index (χ3v) is 4.49. The number of carbonyl (C=O) groups is 3. The number of carbonyl (C=O) groups excluding carboxylic acids is 3. The molecule has 8 heteroatoms. The number of fused-ring (bicyclic) bond motifs is 1. The van der Waals surface area contributed by atoms with E-state index in [0.29, 0.717) is 48.0 Å². The molecule has 2 aromatic carbocycles. The zero-order valence-electron chi connectivity index (χ0n) is 17.0. The number of benzene rings is 2. The molecule has 8 nitrogen and oxygen atoms in total. The summed E-state index contributed by atoms with van der Waals surface area (Å²) >= 11 is 0. The Bertz CT molecular complexity index is 944. The number of amides is 3. The second-order valence-electron chi connectivity index (χ2n) is 6.80. The molecule has 0 bridgehead atoms. The molecule has 0 unspecified atom stereocenters. The van der Waals surface area contributed by atoms with Crippen molar-refractivity contribution in [3.8, 4) is 11.5 Å². The summed E-state index contributed by atoms with van der Waals surface area (Å²) in [6.45, 7) is 4.36. The van der Waals surface area contributed by atoms with Crippen LogP contribution in [0.1, 0.15) is 37.0 Å². The fourth-order valence-corrected chi connectivity index (χ4v) is 2.99. The summed E-state index contributed by atoms with van der Waals surface area (Å²) in [4.78, 5) is 36.2. The van der Waals surface area contributed by atoms with Gasteiger partial charge in [-0.3, -0.25) is 14.4 Å². The Hall–Kier alpha value is -3.55. The van der Waals surface area contributed by atoms with E-state index in [1.807, 2.05) is 13.0 Å². The zero-order valence-corrected chi connectivity index (χ0v) is 17.0. The Morgan fingerprint density at radius 2 is 2.00 bits per heavy atom. The number of para-hydroxylation sites is 1. The molecule has 158 valence electrons. The summed E-state index contributed by atoms with van der Waals surface area (Å²) in [5.74, 6) is 0.449. The van der Waals surface area contributed by atoms with Crippen molar-refractivity contribution < 1.29 is 23.9 Å². The molecule has 1 aliphatic heterocycles. The van der Waals surface area contributed by atoms with Gasteiger partial charge < -0.3 is 25.4 Å². The van der Waals surface area contributed by atoms with Gasteiger partial charge in [-0.05, 0) is 50.6 Å². The van der Waals surface area contributed by atoms with E-state index in [2.05, 4.69) is 16.0 Å². The van der Waals surface area contributed by atoms with Crippen LogP contribution in [0.4, 0.5) is 11.4 Å². The van der Waals surface area contributed by atoms with Gasteiger partial charge in [-0.15, -0.1) is 0 Å². The molecule has 0 aliphatic carbocycles. The van der Waals surface area contributed by atoms with Gasteiger partial charge in [0.1, 0.15) is 11.5 Å². The van der Waals surface area contributed by atoms with E-state index in [4.69, 9.17) is 9.47 Å². The maximum absolute atomic E-state index is 12.3. The quantitative estimate of drug-likeness (QED) is 0.579. The van der Waals surface area contributed by atoms with Crippen molar-refractivity contribution in [2.75, 3.05) is 23.8 Å². The number of ether oxygens (including phenoxy) is 2. The van der Waals surface area contributed by atoms with Crippen molar-refractivity contribution in [3.05, 3.63) is 48.0 Å². The number of rotatable bonds is 8. The molecular formula is C22H25N3O5. The molecular weight excluding hydrogens is 386 g/mol. The molecule has 0 fully saturated rings. The average molecular weight is 411 g/mol. The molecule has 3 N–H and O–H groups in total. The van der Waals surface area contributed by atoms with E-state index in [9.17, 15) is 14.4 Å². The highest BCUT2D eigenvalue weighted by Gasteiger charge is 2.23. The fourth-order valence-electron chi connectivity index (χ4n) is 2.99. The van der Waals surface area contributed by atoms with Crippen LogP contribution in [-0.2, 0) is 9.59 Å². The molecule has 3 rings (SSSR count). The van der Waals surface area contributed by atoms with Gasteiger partial charge in [-0.25, -0.2) is 0 Å². The van der Waals surface area contributed by atoms with Crippen LogP contribution in [0.2, 0.25) is 0 Å². The number of anilines is 2. The van der Waals surface area contributed by atoms with E-state index in [1.165, 1.54) is 0 Å². The molecule has 3 amide bonds. The minimum absolute atomic E-state index is 0.185. The largest absolute Gasteiger partial charge is 0.493 e. The van der Waals surface area contributed by atoms with E-state index in [-0.39, 0.29) is 24.1 Å². The van der Waals surface area contributed by atoms with Gasteiger partial charge in [0, 0.05) is 18.7 Å². The number of hydrogen-bond acceptors (Lipinski definition) is 5. The van der Waals surface area contributed by atoms with Crippen molar-refractivity contribution in [2.24, 2.45) is 0 Å². The first-order valence-electron chi connectivity index (χ1n) is 9.89. The standard InChI is InChI=1S/C22H25N3O5/c1-3-29-18-8-5-4-7-16(18)22(28)23-12-6-9-20(26)24-15-10-11-19-17(13-15)25-21(27)14(2)30-19/h4-5,7-8,10-11,13-14H,3,6,9,12H2,1-2H3,(H,23,28)(H,24,26)(H,25,27)/t14-/m1/s1. The van der Waals surface area contributed by atoms with Gasteiger partial charge in [0.25, 0.3) is 11.8 Å². The first kappa shape index (κ1) is 21.2. The molecule has 2 aromatic rings. The Morgan fingerprint density at radius 1 is 1.20 bits per heavy atom. The number of hydrogen-bond donors (Lipinski definition) is 3. The lowest BCUT2D eigenvalue weighted by Gasteiger charge is -2.23. The minimum atomic E-state index is -0.548. The van der Waals surface area contributed by atoms with Crippen LogP contribution in [0.5, 0.6) is 11.5 Å². The molecule has 1 heterocycles. The van der Waals surface area contributed by atoms with E-state index in [1.54, 1.807) is 43.3 Å². The van der Waals surface area contributed by atoms with Crippen LogP contribution in [0.15, 0.2) is 42.5 Å². The van der Waals surface area contributed by atoms with Crippen molar-refractivity contribution in [3.63, 3.8) is 0 Å². The molecule has 1 atom stereocenters. The maximum atomic E-state index is 12.3. The Balaban J connectivity index is 1.45. The topological polar surface area (TPSA) is 106 Å². The molecule has 30 heavy (non-hydrogen) atoms. The minimum Gasteiger partial charge on any atom is -0.493 e. The summed E-state index contributed by atoms with van der Waals surface area (Å²) in [6.07, 6.45) is 0.176. The van der Waals surface area contributed by atoms with Gasteiger partial charge in [0.05, 0.1) is 17.9 Å². The highest BCUT2D eigenvalue weighted by molar-refractivity contribution is 5.99. The van der Waals surface area contributed by atoms with Crippen LogP contribution in [0.3, 0.4) is 0 Å². The molecule has 0 saturated carbocycles. The van der Waals surface area contributed by atoms with Crippen molar-refractivity contribution in [1.82, 2.24) is 5.32 Å². The van der Waals surface area contributed by atoms with Crippen molar-refractivity contribution >= 4 is 29.1 Å². The SMILES string of the molecule is CCOc1ccccc1C(=O)NCCCC(=O)Nc1ccc2c(c1)NC(=O)[C@@H](C)O2. The highest BCUT2D eigenvalue weighted by atomic mass is 16.5. The number of nitrogens with one attached hydrogen (secondary N) is 3. The van der Waals surface area contributed by atoms with Crippen LogP contribution in [0, 0.1) is 0 Å². The van der Waals surface area contributed by atoms with Crippen LogP contribution in [-0.4, -0.2) is 37.0 Å². The average Bonchev–Trinajstić information content (AvgIpc) is 2.73. The molecule has 0 radical (unpaired) electrons. The fraction of sp³-hybridized carbons (Fsp3) is 0.318. The zero-order chi connectivity index (χ0) is 21.5. The van der Waals surface area contributed by atoms with Crippen LogP contribution in [0.25, 0.3) is 0 Å². The van der Waals surface area contributed by atoms with Crippen molar-refractivity contribution in [1.29, 1.82) is 0 Å². The lowest BCUT2D eigenvalue weighted by Crippen LogP contribution is -2.34. The van der Waals surface area contributed by atoms with Gasteiger partial charge >= 0.3 is 0 Å². The summed E-state index contributed by atoms with van der Waals surface area (Å²) in [7, 11) is 0. The predicted octanol–water partition coefficient (Wildman–Crippen LogP) is 2.95. The van der Waals surface area contributed by atoms with Gasteiger partial charge in [0.2, 0.25) is 5.91 Å². The summed E-state index contributed by atoms with van der Waals surface area (Å²) in [5, 5.41) is 8.33. The van der Waals surface area contributed by atoms with E-state index in [0.717, 1.165) is 0 Å². The molecule has 0 saturated heterocycles. The van der Waals surface area contributed by atoms with Gasteiger partial charge in [-0.1, -0.05) is 12.1 Å². The molecule has 0 aromatic heterocycles. The molecule has 1 aliphatic rings. The van der Waals surface area contributed by atoms with Crippen LogP contribution < -0.4 is 25.4 Å². The van der Waals surface area contributed by atoms with Crippen LogP contribution >= 0.6 is 0 Å². The van der Waals surface area contributed by atoms with Gasteiger partial charge in [0.15, 0.2) is 6.10 Å². The smallest absolute Gasteiger partial charge is 0.265 e. The third-order valence-electron chi connectivity index (χ3n) is 4.49. The predicted molar refractivity (Wildman–Crippen MR) is 113 cm³/mol. The molecule has 0 spiro atoms. The first-order valence-corrected chi connectivity index (χ1v) is 9.89. The lowest BCUT2D eigenvalue weighted by atomic mass is 10.2. The summed E-state index contributed by atoms with van der Waals surface area (Å²) in [6, 6.07) is 12.1. The van der Waals surface area contributed by atoms with Gasteiger partial charge in [-0.2, -0.15) is 0 Å². The third kappa shape index (κ3) is 5.28. The second-order valence-corrected chi connectivity index (χ2v) is 6.80. The lowest BCUT2D eigenvalue weighted by molar-refractivity contribution is -0.122. The monoisotopic (exact) mass is 411 g/mol. The summed E-state index contributed by atoms with van der Waals surface area (Å²) in [5.41, 5.74) is 1.56. The second kappa shape index (κ2) is 9.78. The maximum Gasteiger partial charge on any atom is 0.265 e.